The molecule has 2 aromatic heterocycles. The van der Waals surface area contributed by atoms with Crippen LogP contribution in [-0.2, 0) is 20.0 Å². The van der Waals surface area contributed by atoms with Gasteiger partial charge in [0.1, 0.15) is 5.52 Å². The van der Waals surface area contributed by atoms with Crippen molar-refractivity contribution >= 4 is 17.1 Å². The summed E-state index contributed by atoms with van der Waals surface area (Å²) in [6.45, 7) is 2.86. The molecule has 0 spiro atoms. The number of fused-ring (bicyclic) bond motifs is 1. The number of nitrogen functional groups attached to an aromatic ring is 1. The second-order valence-electron chi connectivity index (χ2n) is 5.03. The van der Waals surface area contributed by atoms with Gasteiger partial charge in [-0.05, 0) is 12.0 Å². The lowest BCUT2D eigenvalue weighted by Crippen LogP contribution is -2.08. The van der Waals surface area contributed by atoms with Crippen LogP contribution in [0.1, 0.15) is 24.6 Å². The Morgan fingerprint density at radius 3 is 2.65 bits per heavy atom. The third-order valence-electron chi connectivity index (χ3n) is 3.49. The molecule has 0 radical (unpaired) electrons. The van der Waals surface area contributed by atoms with E-state index in [1.807, 2.05) is 34.5 Å². The van der Waals surface area contributed by atoms with Gasteiger partial charge >= 0.3 is 0 Å². The summed E-state index contributed by atoms with van der Waals surface area (Å²) in [5.41, 5.74) is 10.3. The number of hydrogen-bond acceptors (Lipinski definition) is 3. The summed E-state index contributed by atoms with van der Waals surface area (Å²) in [5.74, 6) is 0.550. The van der Waals surface area contributed by atoms with Crippen LogP contribution >= 0.6 is 0 Å². The van der Waals surface area contributed by atoms with Gasteiger partial charge in [-0.2, -0.15) is 5.10 Å². The van der Waals surface area contributed by atoms with E-state index in [-0.39, 0.29) is 0 Å². The molecule has 1 aromatic carbocycles. The van der Waals surface area contributed by atoms with E-state index in [1.165, 1.54) is 5.56 Å². The number of hydrogen-bond donors (Lipinski definition) is 1. The number of rotatable bonds is 4. The van der Waals surface area contributed by atoms with Crippen molar-refractivity contribution in [1.82, 2.24) is 19.3 Å². The molecule has 20 heavy (non-hydrogen) atoms. The number of nitrogens with zero attached hydrogens (tertiary/aromatic N) is 4. The first-order chi connectivity index (χ1) is 9.70. The molecule has 0 aliphatic carbocycles. The van der Waals surface area contributed by atoms with Gasteiger partial charge < -0.3 is 5.73 Å². The van der Waals surface area contributed by atoms with Gasteiger partial charge in [0, 0.05) is 7.05 Å². The summed E-state index contributed by atoms with van der Waals surface area (Å²) in [5, 5.41) is 4.56. The van der Waals surface area contributed by atoms with Crippen molar-refractivity contribution in [1.29, 1.82) is 0 Å². The summed E-state index contributed by atoms with van der Waals surface area (Å²) in [6.07, 6.45) is 1.98. The van der Waals surface area contributed by atoms with E-state index in [4.69, 9.17) is 5.73 Å². The highest BCUT2D eigenvalue weighted by molar-refractivity contribution is 5.77. The summed E-state index contributed by atoms with van der Waals surface area (Å²) in [6, 6.07) is 10.3. The number of benzene rings is 1. The van der Waals surface area contributed by atoms with Crippen molar-refractivity contribution in [2.75, 3.05) is 5.73 Å². The first kappa shape index (κ1) is 12.7. The minimum absolute atomic E-state index is 0.550. The Morgan fingerprint density at radius 1 is 1.20 bits per heavy atom. The standard InChI is InChI=1S/C15H19N5/c1-3-7-12-13-14(19(2)18-12)20(15(16)17-13)10-11-8-5-4-6-9-11/h4-6,8-9H,3,7,10H2,1-2H3,(H2,16,17). The third-order valence-corrected chi connectivity index (χ3v) is 3.49. The Balaban J connectivity index is 2.09. The van der Waals surface area contributed by atoms with Gasteiger partial charge in [0.05, 0.1) is 12.2 Å². The van der Waals surface area contributed by atoms with Gasteiger partial charge in [-0.15, -0.1) is 0 Å². The SMILES string of the molecule is CCCc1nn(C)c2c1nc(N)n2Cc1ccccc1. The van der Waals surface area contributed by atoms with Crippen molar-refractivity contribution in [3.05, 3.63) is 41.6 Å². The highest BCUT2D eigenvalue weighted by Crippen LogP contribution is 2.22. The van der Waals surface area contributed by atoms with Gasteiger partial charge in [0.15, 0.2) is 5.65 Å². The van der Waals surface area contributed by atoms with Crippen LogP contribution in [0.15, 0.2) is 30.3 Å². The van der Waals surface area contributed by atoms with Gasteiger partial charge in [-0.1, -0.05) is 43.7 Å². The predicted molar refractivity (Wildman–Crippen MR) is 80.5 cm³/mol. The molecule has 0 aliphatic rings. The summed E-state index contributed by atoms with van der Waals surface area (Å²) in [4.78, 5) is 4.51. The van der Waals surface area contributed by atoms with Crippen LogP contribution in [0.2, 0.25) is 0 Å². The highest BCUT2D eigenvalue weighted by Gasteiger charge is 2.17. The molecule has 5 heteroatoms. The zero-order chi connectivity index (χ0) is 14.1. The summed E-state index contributed by atoms with van der Waals surface area (Å²) in [7, 11) is 1.95. The van der Waals surface area contributed by atoms with Gasteiger partial charge in [-0.25, -0.2) is 4.98 Å². The van der Waals surface area contributed by atoms with Gasteiger partial charge in [0.2, 0.25) is 5.95 Å². The molecule has 0 amide bonds. The molecule has 0 fully saturated rings. The molecule has 0 saturated carbocycles. The average molecular weight is 269 g/mol. The van der Waals surface area contributed by atoms with Gasteiger partial charge in [-0.3, -0.25) is 9.25 Å². The second kappa shape index (κ2) is 5.00. The minimum atomic E-state index is 0.550. The van der Waals surface area contributed by atoms with E-state index in [1.54, 1.807) is 0 Å². The van der Waals surface area contributed by atoms with E-state index in [2.05, 4.69) is 29.1 Å². The second-order valence-corrected chi connectivity index (χ2v) is 5.03. The molecule has 0 atom stereocenters. The maximum Gasteiger partial charge on any atom is 0.202 e. The van der Waals surface area contributed by atoms with E-state index in [9.17, 15) is 0 Å². The Hall–Kier alpha value is -2.30. The number of anilines is 1. The predicted octanol–water partition coefficient (Wildman–Crippen LogP) is 2.35. The van der Waals surface area contributed by atoms with Crippen LogP contribution in [0.3, 0.4) is 0 Å². The molecule has 3 aromatic rings. The smallest absolute Gasteiger partial charge is 0.202 e. The Kier molecular flexibility index (Phi) is 3.18. The molecule has 0 bridgehead atoms. The Labute approximate surface area is 118 Å². The normalized spacial score (nSPS) is 11.3. The number of aromatic nitrogens is 4. The molecule has 3 rings (SSSR count). The van der Waals surface area contributed by atoms with Crippen molar-refractivity contribution < 1.29 is 0 Å². The van der Waals surface area contributed by atoms with E-state index in [0.717, 1.165) is 29.7 Å². The van der Waals surface area contributed by atoms with Crippen LogP contribution in [0.25, 0.3) is 11.2 Å². The lowest BCUT2D eigenvalue weighted by Gasteiger charge is -2.06. The monoisotopic (exact) mass is 269 g/mol. The molecule has 5 nitrogen and oxygen atoms in total. The molecule has 104 valence electrons. The first-order valence-electron chi connectivity index (χ1n) is 6.92. The van der Waals surface area contributed by atoms with Crippen molar-refractivity contribution in [3.63, 3.8) is 0 Å². The highest BCUT2D eigenvalue weighted by atomic mass is 15.3. The van der Waals surface area contributed by atoms with Crippen molar-refractivity contribution in [3.8, 4) is 0 Å². The summed E-state index contributed by atoms with van der Waals surface area (Å²) < 4.78 is 3.91. The van der Waals surface area contributed by atoms with E-state index >= 15 is 0 Å². The largest absolute Gasteiger partial charge is 0.369 e. The molecule has 0 unspecified atom stereocenters. The number of imidazole rings is 1. The van der Waals surface area contributed by atoms with E-state index < -0.39 is 0 Å². The van der Waals surface area contributed by atoms with Crippen molar-refractivity contribution in [2.24, 2.45) is 7.05 Å². The third kappa shape index (κ3) is 2.05. The molecule has 0 aliphatic heterocycles. The Morgan fingerprint density at radius 2 is 1.95 bits per heavy atom. The van der Waals surface area contributed by atoms with Crippen LogP contribution in [0.5, 0.6) is 0 Å². The maximum absolute atomic E-state index is 6.09. The molecule has 2 N–H and O–H groups in total. The maximum atomic E-state index is 6.09. The quantitative estimate of drug-likeness (QED) is 0.791. The first-order valence-corrected chi connectivity index (χ1v) is 6.92. The molecular weight excluding hydrogens is 250 g/mol. The fourth-order valence-electron chi connectivity index (χ4n) is 2.59. The number of nitrogens with two attached hydrogens (primary N) is 1. The van der Waals surface area contributed by atoms with Crippen LogP contribution in [-0.4, -0.2) is 19.3 Å². The molecule has 2 heterocycles. The van der Waals surface area contributed by atoms with Crippen LogP contribution in [0, 0.1) is 0 Å². The minimum Gasteiger partial charge on any atom is -0.369 e. The van der Waals surface area contributed by atoms with Gasteiger partial charge in [0.25, 0.3) is 0 Å². The molecular formula is C15H19N5. The Bertz CT molecular complexity index is 724. The average Bonchev–Trinajstić information content (AvgIpc) is 2.91. The lowest BCUT2D eigenvalue weighted by molar-refractivity contribution is 0.712. The fourth-order valence-corrected chi connectivity index (χ4v) is 2.59. The topological polar surface area (TPSA) is 61.7 Å². The lowest BCUT2D eigenvalue weighted by atomic mass is 10.2. The fraction of sp³-hybridized carbons (Fsp3) is 0.333. The van der Waals surface area contributed by atoms with Crippen LogP contribution < -0.4 is 5.73 Å². The number of aryl methyl sites for hydroxylation is 2. The van der Waals surface area contributed by atoms with Crippen molar-refractivity contribution in [2.45, 2.75) is 26.3 Å². The summed E-state index contributed by atoms with van der Waals surface area (Å²) >= 11 is 0. The zero-order valence-corrected chi connectivity index (χ0v) is 11.9. The molecule has 0 saturated heterocycles. The zero-order valence-electron chi connectivity index (χ0n) is 11.9. The van der Waals surface area contributed by atoms with E-state index in [0.29, 0.717) is 12.5 Å². The van der Waals surface area contributed by atoms with Crippen LogP contribution in [0.4, 0.5) is 5.95 Å².